The molecule has 1 heterocycles. The van der Waals surface area contributed by atoms with Gasteiger partial charge in [0.2, 0.25) is 0 Å². The molecule has 0 aromatic heterocycles. The number of carbonyl (C=O) groups is 1. The van der Waals surface area contributed by atoms with Crippen molar-refractivity contribution in [3.8, 4) is 0 Å². The molecule has 0 aliphatic carbocycles. The summed E-state index contributed by atoms with van der Waals surface area (Å²) in [5.74, 6) is 0. The van der Waals surface area contributed by atoms with E-state index in [0.29, 0.717) is 6.54 Å². The number of amides is 1. The predicted molar refractivity (Wildman–Crippen MR) is 39.4 cm³/mol. The third kappa shape index (κ3) is 1.63. The van der Waals surface area contributed by atoms with Gasteiger partial charge in [0.15, 0.2) is 0 Å². The van der Waals surface area contributed by atoms with Crippen LogP contribution in [-0.4, -0.2) is 39.9 Å². The molecule has 0 bridgehead atoms. The maximum atomic E-state index is 10.5. The van der Waals surface area contributed by atoms with Crippen molar-refractivity contribution in [3.63, 3.8) is 0 Å². The second-order valence-electron chi connectivity index (χ2n) is 2.93. The molecular weight excluding hydrogens is 146 g/mol. The molecule has 0 aromatic carbocycles. The van der Waals surface area contributed by atoms with Crippen LogP contribution in [0.2, 0.25) is 0 Å². The lowest BCUT2D eigenvalue weighted by molar-refractivity contribution is 0.0782. The lowest BCUT2D eigenvalue weighted by Crippen LogP contribution is -2.40. The molecule has 4 nitrogen and oxygen atoms in total. The number of aliphatic hydroxyl groups is 1. The Morgan fingerprint density at radius 1 is 1.73 bits per heavy atom. The van der Waals surface area contributed by atoms with E-state index in [2.05, 4.69) is 0 Å². The fourth-order valence-electron chi connectivity index (χ4n) is 1.53. The summed E-state index contributed by atoms with van der Waals surface area (Å²) in [6.07, 6.45) is 0.174. The molecule has 2 N–H and O–H groups in total. The second-order valence-corrected chi connectivity index (χ2v) is 2.93. The number of hydrogen-bond donors (Lipinski definition) is 2. The van der Waals surface area contributed by atoms with Gasteiger partial charge in [-0.2, -0.15) is 0 Å². The Bertz CT molecular complexity index is 158. The summed E-state index contributed by atoms with van der Waals surface area (Å²) < 4.78 is 0. The van der Waals surface area contributed by atoms with Gasteiger partial charge in [-0.25, -0.2) is 4.79 Å². The zero-order valence-electron chi connectivity index (χ0n) is 6.53. The molecule has 0 saturated carbocycles. The zero-order chi connectivity index (χ0) is 8.43. The first kappa shape index (κ1) is 8.33. The van der Waals surface area contributed by atoms with Gasteiger partial charge in [0.25, 0.3) is 0 Å². The van der Waals surface area contributed by atoms with Crippen molar-refractivity contribution in [2.24, 2.45) is 0 Å². The third-order valence-corrected chi connectivity index (χ3v) is 2.10. The van der Waals surface area contributed by atoms with Crippen LogP contribution in [0.15, 0.2) is 0 Å². The largest absolute Gasteiger partial charge is 0.465 e. The SMILES string of the molecule is CC(O)C1CCCN1C(=O)O. The maximum Gasteiger partial charge on any atom is 0.407 e. The summed E-state index contributed by atoms with van der Waals surface area (Å²) in [4.78, 5) is 11.8. The topological polar surface area (TPSA) is 60.8 Å². The Morgan fingerprint density at radius 3 is 2.73 bits per heavy atom. The molecule has 1 rings (SSSR count). The molecule has 0 aromatic rings. The fraction of sp³-hybridized carbons (Fsp3) is 0.857. The summed E-state index contributed by atoms with van der Waals surface area (Å²) in [7, 11) is 0. The van der Waals surface area contributed by atoms with Crippen molar-refractivity contribution >= 4 is 6.09 Å². The summed E-state index contributed by atoms with van der Waals surface area (Å²) in [5.41, 5.74) is 0. The number of hydrogen-bond acceptors (Lipinski definition) is 2. The molecule has 4 heteroatoms. The zero-order valence-corrected chi connectivity index (χ0v) is 6.53. The summed E-state index contributed by atoms with van der Waals surface area (Å²) in [5, 5.41) is 17.8. The third-order valence-electron chi connectivity index (χ3n) is 2.10. The highest BCUT2D eigenvalue weighted by atomic mass is 16.4. The number of likely N-dealkylation sites (tertiary alicyclic amines) is 1. The lowest BCUT2D eigenvalue weighted by Gasteiger charge is -2.23. The standard InChI is InChI=1S/C7H13NO3/c1-5(9)6-3-2-4-8(6)7(10)11/h5-6,9H,2-4H2,1H3,(H,10,11). The van der Waals surface area contributed by atoms with E-state index in [4.69, 9.17) is 10.2 Å². The van der Waals surface area contributed by atoms with Crippen molar-refractivity contribution in [1.29, 1.82) is 0 Å². The first-order chi connectivity index (χ1) is 5.13. The van der Waals surface area contributed by atoms with Gasteiger partial charge in [0, 0.05) is 6.54 Å². The van der Waals surface area contributed by atoms with Crippen LogP contribution in [0.4, 0.5) is 4.79 Å². The minimum atomic E-state index is -0.923. The Kier molecular flexibility index (Phi) is 2.34. The first-order valence-corrected chi connectivity index (χ1v) is 3.80. The van der Waals surface area contributed by atoms with Crippen molar-refractivity contribution in [2.45, 2.75) is 31.9 Å². The van der Waals surface area contributed by atoms with Gasteiger partial charge in [0.1, 0.15) is 0 Å². The Morgan fingerprint density at radius 2 is 2.36 bits per heavy atom. The van der Waals surface area contributed by atoms with E-state index in [1.807, 2.05) is 0 Å². The van der Waals surface area contributed by atoms with Crippen LogP contribution in [-0.2, 0) is 0 Å². The van der Waals surface area contributed by atoms with Crippen LogP contribution in [0.1, 0.15) is 19.8 Å². The van der Waals surface area contributed by atoms with Crippen LogP contribution in [0, 0.1) is 0 Å². The van der Waals surface area contributed by atoms with Crippen LogP contribution < -0.4 is 0 Å². The van der Waals surface area contributed by atoms with Gasteiger partial charge >= 0.3 is 6.09 Å². The van der Waals surface area contributed by atoms with Gasteiger partial charge < -0.3 is 15.1 Å². The van der Waals surface area contributed by atoms with Gasteiger partial charge in [-0.3, -0.25) is 0 Å². The van der Waals surface area contributed by atoms with E-state index in [1.165, 1.54) is 4.90 Å². The Hall–Kier alpha value is -0.770. The molecule has 1 saturated heterocycles. The highest BCUT2D eigenvalue weighted by molar-refractivity contribution is 5.65. The van der Waals surface area contributed by atoms with E-state index < -0.39 is 12.2 Å². The van der Waals surface area contributed by atoms with E-state index in [0.717, 1.165) is 12.8 Å². The second kappa shape index (κ2) is 3.09. The van der Waals surface area contributed by atoms with Gasteiger partial charge in [0.05, 0.1) is 12.1 Å². The summed E-state index contributed by atoms with van der Waals surface area (Å²) >= 11 is 0. The minimum Gasteiger partial charge on any atom is -0.465 e. The monoisotopic (exact) mass is 159 g/mol. The van der Waals surface area contributed by atoms with E-state index >= 15 is 0 Å². The lowest BCUT2D eigenvalue weighted by atomic mass is 10.1. The molecule has 2 unspecified atom stereocenters. The van der Waals surface area contributed by atoms with Gasteiger partial charge in [-0.05, 0) is 19.8 Å². The molecule has 1 aliphatic rings. The summed E-state index contributed by atoms with van der Waals surface area (Å²) in [6, 6.07) is -0.188. The van der Waals surface area contributed by atoms with Crippen molar-refractivity contribution in [1.82, 2.24) is 4.90 Å². The smallest absolute Gasteiger partial charge is 0.407 e. The molecular formula is C7H13NO3. The number of carboxylic acid groups (broad SMARTS) is 1. The van der Waals surface area contributed by atoms with Crippen molar-refractivity contribution in [2.75, 3.05) is 6.54 Å². The quantitative estimate of drug-likeness (QED) is 0.586. The normalized spacial score (nSPS) is 27.1. The van der Waals surface area contributed by atoms with Crippen LogP contribution in [0.3, 0.4) is 0 Å². The molecule has 2 atom stereocenters. The number of nitrogens with zero attached hydrogens (tertiary/aromatic N) is 1. The highest BCUT2D eigenvalue weighted by Crippen LogP contribution is 2.19. The van der Waals surface area contributed by atoms with Gasteiger partial charge in [-0.15, -0.1) is 0 Å². The molecule has 1 aliphatic heterocycles. The molecule has 11 heavy (non-hydrogen) atoms. The average molecular weight is 159 g/mol. The van der Waals surface area contributed by atoms with E-state index in [-0.39, 0.29) is 6.04 Å². The van der Waals surface area contributed by atoms with Crippen molar-refractivity contribution < 1.29 is 15.0 Å². The first-order valence-electron chi connectivity index (χ1n) is 3.80. The fourth-order valence-corrected chi connectivity index (χ4v) is 1.53. The minimum absolute atomic E-state index is 0.188. The molecule has 64 valence electrons. The van der Waals surface area contributed by atoms with E-state index in [1.54, 1.807) is 6.92 Å². The van der Waals surface area contributed by atoms with E-state index in [9.17, 15) is 4.79 Å². The Balaban J connectivity index is 2.58. The van der Waals surface area contributed by atoms with Crippen LogP contribution >= 0.6 is 0 Å². The van der Waals surface area contributed by atoms with Gasteiger partial charge in [-0.1, -0.05) is 0 Å². The maximum absolute atomic E-state index is 10.5. The summed E-state index contributed by atoms with van der Waals surface area (Å²) in [6.45, 7) is 2.19. The van der Waals surface area contributed by atoms with Crippen molar-refractivity contribution in [3.05, 3.63) is 0 Å². The predicted octanol–water partition coefficient (Wildman–Crippen LogP) is 0.510. The molecule has 0 radical (unpaired) electrons. The number of rotatable bonds is 1. The highest BCUT2D eigenvalue weighted by Gasteiger charge is 2.31. The molecule has 0 spiro atoms. The average Bonchev–Trinajstić information content (AvgIpc) is 2.32. The Labute approximate surface area is 65.4 Å². The molecule has 1 amide bonds. The molecule has 1 fully saturated rings. The van der Waals surface area contributed by atoms with Crippen LogP contribution in [0.5, 0.6) is 0 Å². The number of aliphatic hydroxyl groups excluding tert-OH is 1. The van der Waals surface area contributed by atoms with Crippen LogP contribution in [0.25, 0.3) is 0 Å².